The first-order valence-electron chi connectivity index (χ1n) is 3.29. The van der Waals surface area contributed by atoms with E-state index in [0.29, 0.717) is 14.5 Å². The zero-order chi connectivity index (χ0) is 7.07. The number of allylic oxidation sites excluding steroid dienone is 2. The first-order valence-corrected chi connectivity index (χ1v) is 6.90. The normalized spacial score (nSPS) is 12.8. The van der Waals surface area contributed by atoms with Crippen LogP contribution in [-0.2, 0) is 0 Å². The fourth-order valence-electron chi connectivity index (χ4n) is 0.620. The van der Waals surface area contributed by atoms with Crippen molar-refractivity contribution in [2.24, 2.45) is 0 Å². The first-order chi connectivity index (χ1) is 5.00. The van der Waals surface area contributed by atoms with Crippen LogP contribution in [0.3, 0.4) is 0 Å². The van der Waals surface area contributed by atoms with Crippen molar-refractivity contribution in [2.75, 3.05) is 0 Å². The van der Waals surface area contributed by atoms with Crippen LogP contribution < -0.4 is 0 Å². The zero-order valence-electron chi connectivity index (χ0n) is 5.73. The van der Waals surface area contributed by atoms with Crippen LogP contribution >= 0.6 is 0 Å². The van der Waals surface area contributed by atoms with E-state index in [1.165, 1.54) is 0 Å². The summed E-state index contributed by atoms with van der Waals surface area (Å²) in [5.41, 5.74) is 4.53. The topological polar surface area (TPSA) is 0 Å². The molecule has 0 atom stereocenters. The van der Waals surface area contributed by atoms with Crippen molar-refractivity contribution in [3.8, 4) is 0 Å². The van der Waals surface area contributed by atoms with Crippen molar-refractivity contribution in [1.82, 2.24) is 0 Å². The summed E-state index contributed by atoms with van der Waals surface area (Å²) in [6.45, 7) is 0. The standard InChI is InChI=1S/C4H4Se.C4H6Si/c2*1-2-4-5-3-1/h1-4H;1-4H,5H2. The van der Waals surface area contributed by atoms with Crippen LogP contribution in [-0.4, -0.2) is 24.0 Å². The summed E-state index contributed by atoms with van der Waals surface area (Å²) in [7, 11) is 0.182. The molecule has 2 heterocycles. The van der Waals surface area contributed by atoms with Gasteiger partial charge in [-0.05, 0) is 0 Å². The molecular weight excluding hydrogens is 203 g/mol. The molecule has 1 aliphatic rings. The quantitative estimate of drug-likeness (QED) is 0.563. The van der Waals surface area contributed by atoms with Crippen LogP contribution in [0.2, 0.25) is 0 Å². The molecule has 0 unspecified atom stereocenters. The van der Waals surface area contributed by atoms with Gasteiger partial charge in [0.1, 0.15) is 0 Å². The van der Waals surface area contributed by atoms with Crippen LogP contribution in [0.4, 0.5) is 0 Å². The van der Waals surface area contributed by atoms with Gasteiger partial charge in [0.15, 0.2) is 0 Å². The van der Waals surface area contributed by atoms with Gasteiger partial charge in [-0.3, -0.25) is 0 Å². The molecule has 0 amide bonds. The van der Waals surface area contributed by atoms with Crippen molar-refractivity contribution in [1.29, 1.82) is 0 Å². The molecule has 0 N–H and O–H groups in total. The van der Waals surface area contributed by atoms with Crippen molar-refractivity contribution < 1.29 is 0 Å². The van der Waals surface area contributed by atoms with Crippen LogP contribution in [0.5, 0.6) is 0 Å². The Labute approximate surface area is 69.8 Å². The predicted octanol–water partition coefficient (Wildman–Crippen LogP) is 0.940. The van der Waals surface area contributed by atoms with Gasteiger partial charge in [-0.1, -0.05) is 23.6 Å². The molecule has 0 spiro atoms. The Balaban J connectivity index is 0.0000001000. The molecule has 0 saturated carbocycles. The van der Waals surface area contributed by atoms with Gasteiger partial charge in [0.05, 0.1) is 9.52 Å². The van der Waals surface area contributed by atoms with Gasteiger partial charge in [0.2, 0.25) is 0 Å². The van der Waals surface area contributed by atoms with E-state index < -0.39 is 0 Å². The Morgan fingerprint density at radius 3 is 1.70 bits per heavy atom. The van der Waals surface area contributed by atoms with Crippen LogP contribution in [0.1, 0.15) is 0 Å². The molecule has 1 aromatic heterocycles. The summed E-state index contributed by atoms with van der Waals surface area (Å²) >= 11 is 0.708. The van der Waals surface area contributed by atoms with E-state index in [1.807, 2.05) is 0 Å². The number of rotatable bonds is 0. The first kappa shape index (κ1) is 7.80. The molecule has 0 radical (unpaired) electrons. The monoisotopic (exact) mass is 214 g/mol. The van der Waals surface area contributed by atoms with Crippen molar-refractivity contribution in [3.63, 3.8) is 0 Å². The summed E-state index contributed by atoms with van der Waals surface area (Å²) in [6, 6.07) is 4.17. The second-order valence-electron chi connectivity index (χ2n) is 1.89. The minimum atomic E-state index is 0.182. The average Bonchev–Trinajstić information content (AvgIpc) is 2.67. The molecule has 10 heavy (non-hydrogen) atoms. The van der Waals surface area contributed by atoms with Crippen molar-refractivity contribution >= 4 is 24.0 Å². The van der Waals surface area contributed by atoms with Crippen LogP contribution in [0.15, 0.2) is 45.6 Å². The minimum absolute atomic E-state index is 0.182. The van der Waals surface area contributed by atoms with Gasteiger partial charge >= 0.3 is 36.5 Å². The summed E-state index contributed by atoms with van der Waals surface area (Å²) in [5, 5.41) is 0. The molecule has 1 aromatic rings. The Hall–Kier alpha value is -0.304. The molecule has 52 valence electrons. The molecular formula is C8H10SeSi. The molecule has 2 rings (SSSR count). The second kappa shape index (κ2) is 5.48. The van der Waals surface area contributed by atoms with Crippen LogP contribution in [0, 0.1) is 0 Å². The third-order valence-electron chi connectivity index (χ3n) is 1.08. The Morgan fingerprint density at radius 2 is 1.50 bits per heavy atom. The van der Waals surface area contributed by atoms with Crippen LogP contribution in [0.25, 0.3) is 0 Å². The maximum absolute atomic E-state index is 2.26. The van der Waals surface area contributed by atoms with Gasteiger partial charge in [-0.25, -0.2) is 0 Å². The second-order valence-corrected chi connectivity index (χ2v) is 5.01. The average molecular weight is 213 g/mol. The molecule has 0 aromatic carbocycles. The number of hydrogen-bond donors (Lipinski definition) is 0. The van der Waals surface area contributed by atoms with E-state index in [0.717, 1.165) is 0 Å². The summed E-state index contributed by atoms with van der Waals surface area (Å²) in [6.07, 6.45) is 4.23. The molecule has 0 fully saturated rings. The molecule has 0 nitrogen and oxygen atoms in total. The van der Waals surface area contributed by atoms with Gasteiger partial charge in [-0.2, -0.15) is 0 Å². The molecule has 1 aliphatic heterocycles. The van der Waals surface area contributed by atoms with E-state index in [9.17, 15) is 0 Å². The van der Waals surface area contributed by atoms with Crippen molar-refractivity contribution in [2.45, 2.75) is 0 Å². The predicted molar refractivity (Wildman–Crippen MR) is 50.2 cm³/mol. The third-order valence-corrected chi connectivity index (χ3v) is 3.49. The SMILES string of the molecule is C1=C[SiH2]C=C1.c1cc[se]c1. The van der Waals surface area contributed by atoms with Crippen molar-refractivity contribution in [3.05, 3.63) is 45.6 Å². The Bertz CT molecular complexity index is 172. The Morgan fingerprint density at radius 1 is 0.900 bits per heavy atom. The summed E-state index contributed by atoms with van der Waals surface area (Å²) in [5.74, 6) is 0. The van der Waals surface area contributed by atoms with E-state index in [2.05, 4.69) is 45.6 Å². The maximum atomic E-state index is 2.26. The third kappa shape index (κ3) is 3.67. The molecule has 0 bridgehead atoms. The Kier molecular flexibility index (Phi) is 4.27. The fourth-order valence-corrected chi connectivity index (χ4v) is 2.36. The van der Waals surface area contributed by atoms with Gasteiger partial charge in [-0.15, -0.1) is 0 Å². The van der Waals surface area contributed by atoms with E-state index >= 15 is 0 Å². The van der Waals surface area contributed by atoms with E-state index in [4.69, 9.17) is 0 Å². The van der Waals surface area contributed by atoms with Gasteiger partial charge < -0.3 is 0 Å². The number of hydrogen-bond acceptors (Lipinski definition) is 0. The molecule has 0 aliphatic carbocycles. The van der Waals surface area contributed by atoms with E-state index in [-0.39, 0.29) is 9.52 Å². The van der Waals surface area contributed by atoms with E-state index in [1.54, 1.807) is 0 Å². The molecule has 0 saturated heterocycles. The summed E-state index contributed by atoms with van der Waals surface area (Å²) < 4.78 is 0. The fraction of sp³-hybridized carbons (Fsp3) is 0. The summed E-state index contributed by atoms with van der Waals surface area (Å²) in [4.78, 5) is 4.38. The zero-order valence-corrected chi connectivity index (χ0v) is 8.86. The van der Waals surface area contributed by atoms with Gasteiger partial charge in [0.25, 0.3) is 0 Å². The molecule has 2 heteroatoms. The van der Waals surface area contributed by atoms with Gasteiger partial charge in [0, 0.05) is 0 Å².